The van der Waals surface area contributed by atoms with Gasteiger partial charge in [0.1, 0.15) is 4.88 Å². The first-order chi connectivity index (χ1) is 8.49. The number of carboxylic acids is 1. The molecule has 0 unspecified atom stereocenters. The van der Waals surface area contributed by atoms with E-state index in [1.807, 2.05) is 14.1 Å². The Morgan fingerprint density at radius 3 is 2.44 bits per heavy atom. The van der Waals surface area contributed by atoms with Crippen molar-refractivity contribution in [2.75, 3.05) is 20.6 Å². The minimum atomic E-state index is -0.842. The summed E-state index contributed by atoms with van der Waals surface area (Å²) < 4.78 is 0. The van der Waals surface area contributed by atoms with Crippen LogP contribution < -0.4 is 0 Å². The van der Waals surface area contributed by atoms with Crippen LogP contribution in [0.4, 0.5) is 0 Å². The maximum atomic E-state index is 11.3. The van der Waals surface area contributed by atoms with Gasteiger partial charge >= 0.3 is 5.97 Å². The third-order valence-electron chi connectivity index (χ3n) is 3.04. The van der Waals surface area contributed by atoms with Crippen LogP contribution in [0.2, 0.25) is 0 Å². The molecule has 0 aromatic carbocycles. The molecule has 1 aromatic heterocycles. The van der Waals surface area contributed by atoms with Gasteiger partial charge in [-0.05, 0) is 26.9 Å². The Balaban J connectivity index is 2.97. The Bertz CT molecular complexity index is 398. The van der Waals surface area contributed by atoms with E-state index in [1.54, 1.807) is 0 Å². The largest absolute Gasteiger partial charge is 0.477 e. The maximum Gasteiger partial charge on any atom is 0.347 e. The van der Waals surface area contributed by atoms with Crippen molar-refractivity contribution in [3.63, 3.8) is 0 Å². The van der Waals surface area contributed by atoms with Crippen LogP contribution in [0.3, 0.4) is 0 Å². The maximum absolute atomic E-state index is 11.3. The fourth-order valence-corrected chi connectivity index (χ4v) is 2.89. The Kier molecular flexibility index (Phi) is 5.75. The number of nitrogens with zero attached hydrogens (tertiary/aromatic N) is 2. The molecule has 1 rings (SSSR count). The van der Waals surface area contributed by atoms with Gasteiger partial charge in [-0.1, -0.05) is 13.8 Å². The SMILES string of the molecule is CCC(CC)c1nc(CCN(C)C)sc1C(=O)O. The summed E-state index contributed by atoms with van der Waals surface area (Å²) in [5.74, 6) is -0.578. The van der Waals surface area contributed by atoms with E-state index in [9.17, 15) is 9.90 Å². The van der Waals surface area contributed by atoms with Gasteiger partial charge in [-0.3, -0.25) is 0 Å². The lowest BCUT2D eigenvalue weighted by Gasteiger charge is -2.10. The summed E-state index contributed by atoms with van der Waals surface area (Å²) in [7, 11) is 4.01. The molecular formula is C13H22N2O2S. The summed E-state index contributed by atoms with van der Waals surface area (Å²) in [5.41, 5.74) is 0.784. The van der Waals surface area contributed by atoms with Crippen molar-refractivity contribution in [2.45, 2.75) is 39.0 Å². The fraction of sp³-hybridized carbons (Fsp3) is 0.692. The molecule has 0 saturated carbocycles. The minimum Gasteiger partial charge on any atom is -0.477 e. The normalized spacial score (nSPS) is 11.4. The van der Waals surface area contributed by atoms with E-state index in [0.717, 1.165) is 36.5 Å². The van der Waals surface area contributed by atoms with Crippen LogP contribution in [0.15, 0.2) is 0 Å². The molecule has 5 heteroatoms. The number of aromatic carboxylic acids is 1. The van der Waals surface area contributed by atoms with Gasteiger partial charge in [0.15, 0.2) is 0 Å². The lowest BCUT2D eigenvalue weighted by molar-refractivity contribution is 0.0700. The highest BCUT2D eigenvalue weighted by molar-refractivity contribution is 7.13. The first-order valence-electron chi connectivity index (χ1n) is 6.37. The molecule has 0 bridgehead atoms. The quantitative estimate of drug-likeness (QED) is 0.827. The number of hydrogen-bond donors (Lipinski definition) is 1. The van der Waals surface area contributed by atoms with Crippen molar-refractivity contribution in [2.24, 2.45) is 0 Å². The van der Waals surface area contributed by atoms with Crippen molar-refractivity contribution >= 4 is 17.3 Å². The summed E-state index contributed by atoms with van der Waals surface area (Å²) in [6.45, 7) is 5.06. The second-order valence-corrected chi connectivity index (χ2v) is 5.78. The first kappa shape index (κ1) is 15.1. The molecule has 1 N–H and O–H groups in total. The monoisotopic (exact) mass is 270 g/mol. The highest BCUT2D eigenvalue weighted by atomic mass is 32.1. The second-order valence-electron chi connectivity index (χ2n) is 4.69. The van der Waals surface area contributed by atoms with Gasteiger partial charge < -0.3 is 10.0 Å². The van der Waals surface area contributed by atoms with Crippen molar-refractivity contribution < 1.29 is 9.90 Å². The lowest BCUT2D eigenvalue weighted by Crippen LogP contribution is -2.15. The van der Waals surface area contributed by atoms with E-state index in [0.29, 0.717) is 4.88 Å². The average molecular weight is 270 g/mol. The van der Waals surface area contributed by atoms with Gasteiger partial charge in [-0.2, -0.15) is 0 Å². The minimum absolute atomic E-state index is 0.264. The van der Waals surface area contributed by atoms with Crippen molar-refractivity contribution in [3.8, 4) is 0 Å². The van der Waals surface area contributed by atoms with E-state index in [4.69, 9.17) is 0 Å². The highest BCUT2D eigenvalue weighted by Gasteiger charge is 2.22. The lowest BCUT2D eigenvalue weighted by atomic mass is 9.98. The molecule has 102 valence electrons. The van der Waals surface area contributed by atoms with Crippen molar-refractivity contribution in [3.05, 3.63) is 15.6 Å². The Morgan fingerprint density at radius 1 is 1.39 bits per heavy atom. The van der Waals surface area contributed by atoms with Crippen LogP contribution in [0.5, 0.6) is 0 Å². The molecular weight excluding hydrogens is 248 g/mol. The number of carboxylic acid groups (broad SMARTS) is 1. The van der Waals surface area contributed by atoms with Crippen molar-refractivity contribution in [1.82, 2.24) is 9.88 Å². The number of hydrogen-bond acceptors (Lipinski definition) is 4. The second kappa shape index (κ2) is 6.85. The Morgan fingerprint density at radius 2 is 2.00 bits per heavy atom. The molecule has 1 heterocycles. The third kappa shape index (κ3) is 3.78. The highest BCUT2D eigenvalue weighted by Crippen LogP contribution is 2.30. The summed E-state index contributed by atoms with van der Waals surface area (Å²) in [5, 5.41) is 10.2. The predicted molar refractivity (Wildman–Crippen MR) is 74.7 cm³/mol. The number of thiazole rings is 1. The van der Waals surface area contributed by atoms with Crippen LogP contribution in [0, 0.1) is 0 Å². The van der Waals surface area contributed by atoms with Gasteiger partial charge in [-0.25, -0.2) is 9.78 Å². The van der Waals surface area contributed by atoms with Gasteiger partial charge in [0.05, 0.1) is 10.7 Å². The Labute approximate surface area is 113 Å². The number of carbonyl (C=O) groups is 1. The Hall–Kier alpha value is -0.940. The fourth-order valence-electron chi connectivity index (χ4n) is 1.91. The summed E-state index contributed by atoms with van der Waals surface area (Å²) >= 11 is 1.33. The molecule has 0 aliphatic rings. The number of rotatable bonds is 7. The van der Waals surface area contributed by atoms with E-state index < -0.39 is 5.97 Å². The zero-order valence-electron chi connectivity index (χ0n) is 11.6. The molecule has 0 amide bonds. The van der Waals surface area contributed by atoms with Gasteiger partial charge in [-0.15, -0.1) is 11.3 Å². The van der Waals surface area contributed by atoms with Gasteiger partial charge in [0.2, 0.25) is 0 Å². The smallest absolute Gasteiger partial charge is 0.347 e. The van der Waals surface area contributed by atoms with Crippen LogP contribution >= 0.6 is 11.3 Å². The third-order valence-corrected chi connectivity index (χ3v) is 4.16. The standard InChI is InChI=1S/C13H22N2O2S/c1-5-9(6-2)11-12(13(16)17)18-10(14-11)7-8-15(3)4/h9H,5-8H2,1-4H3,(H,16,17). The molecule has 0 spiro atoms. The summed E-state index contributed by atoms with van der Waals surface area (Å²) in [6, 6.07) is 0. The summed E-state index contributed by atoms with van der Waals surface area (Å²) in [4.78, 5) is 18.3. The molecule has 0 aliphatic heterocycles. The molecule has 4 nitrogen and oxygen atoms in total. The molecule has 0 saturated heterocycles. The number of likely N-dealkylation sites (N-methyl/N-ethyl adjacent to an activating group) is 1. The van der Waals surface area contributed by atoms with Gasteiger partial charge in [0.25, 0.3) is 0 Å². The van der Waals surface area contributed by atoms with E-state index >= 15 is 0 Å². The first-order valence-corrected chi connectivity index (χ1v) is 7.18. The topological polar surface area (TPSA) is 53.4 Å². The van der Waals surface area contributed by atoms with Crippen LogP contribution in [-0.2, 0) is 6.42 Å². The molecule has 0 fully saturated rings. The average Bonchev–Trinajstić information content (AvgIpc) is 2.72. The molecule has 0 atom stereocenters. The molecule has 0 radical (unpaired) electrons. The molecule has 1 aromatic rings. The molecule has 0 aliphatic carbocycles. The predicted octanol–water partition coefficient (Wildman–Crippen LogP) is 2.85. The number of aromatic nitrogens is 1. The molecule has 18 heavy (non-hydrogen) atoms. The van der Waals surface area contributed by atoms with Crippen molar-refractivity contribution in [1.29, 1.82) is 0 Å². The van der Waals surface area contributed by atoms with E-state index in [2.05, 4.69) is 23.7 Å². The zero-order chi connectivity index (χ0) is 13.7. The van der Waals surface area contributed by atoms with Crippen LogP contribution in [0.25, 0.3) is 0 Å². The van der Waals surface area contributed by atoms with E-state index in [-0.39, 0.29) is 5.92 Å². The van der Waals surface area contributed by atoms with E-state index in [1.165, 1.54) is 11.3 Å². The van der Waals surface area contributed by atoms with Crippen LogP contribution in [-0.4, -0.2) is 41.6 Å². The summed E-state index contributed by atoms with van der Waals surface area (Å²) in [6.07, 6.45) is 2.69. The van der Waals surface area contributed by atoms with Crippen LogP contribution in [0.1, 0.15) is 53.0 Å². The van der Waals surface area contributed by atoms with Gasteiger partial charge in [0, 0.05) is 18.9 Å². The zero-order valence-corrected chi connectivity index (χ0v) is 12.4.